The van der Waals surface area contributed by atoms with Crippen LogP contribution in [-0.2, 0) is 14.3 Å². The van der Waals surface area contributed by atoms with E-state index in [0.717, 1.165) is 43.0 Å². The lowest BCUT2D eigenvalue weighted by molar-refractivity contribution is -0.203. The fourth-order valence-electron chi connectivity index (χ4n) is 7.98. The number of likely N-dealkylation sites (tertiary alicyclic amines) is 1. The minimum Gasteiger partial charge on any atom is -0.469 e. The van der Waals surface area contributed by atoms with Gasteiger partial charge in [-0.2, -0.15) is 0 Å². The molecule has 2 heterocycles. The predicted molar refractivity (Wildman–Crippen MR) is 117 cm³/mol. The fraction of sp³-hybridized carbons (Fsp3) is 0.577. The van der Waals surface area contributed by atoms with Crippen LogP contribution in [0.2, 0.25) is 0 Å². The van der Waals surface area contributed by atoms with E-state index in [1.165, 1.54) is 12.7 Å². The van der Waals surface area contributed by atoms with Crippen molar-refractivity contribution in [2.75, 3.05) is 7.11 Å². The fourth-order valence-corrected chi connectivity index (χ4v) is 7.98. The lowest BCUT2D eigenvalue weighted by Gasteiger charge is -2.66. The Morgan fingerprint density at radius 2 is 1.84 bits per heavy atom. The molecule has 31 heavy (non-hydrogen) atoms. The van der Waals surface area contributed by atoms with E-state index in [4.69, 9.17) is 4.74 Å². The lowest BCUT2D eigenvalue weighted by atomic mass is 9.47. The van der Waals surface area contributed by atoms with Crippen molar-refractivity contribution in [3.63, 3.8) is 0 Å². The lowest BCUT2D eigenvalue weighted by Crippen LogP contribution is -2.70. The van der Waals surface area contributed by atoms with Gasteiger partial charge in [0.15, 0.2) is 0 Å². The number of amides is 1. The molecule has 0 radical (unpaired) electrons. The molecule has 5 fully saturated rings. The summed E-state index contributed by atoms with van der Waals surface area (Å²) in [6, 6.07) is 10.6. The largest absolute Gasteiger partial charge is 0.469 e. The molecule has 1 amide bonds. The van der Waals surface area contributed by atoms with Crippen molar-refractivity contribution >= 4 is 22.8 Å². The number of methoxy groups -OCH3 is 1. The molecule has 7 rings (SSSR count). The second-order valence-corrected chi connectivity index (χ2v) is 11.0. The Kier molecular flexibility index (Phi) is 3.92. The average Bonchev–Trinajstić information content (AvgIpc) is 2.76. The minimum atomic E-state index is -0.432. The summed E-state index contributed by atoms with van der Waals surface area (Å²) in [6.45, 7) is 4.16. The zero-order valence-corrected chi connectivity index (χ0v) is 18.5. The van der Waals surface area contributed by atoms with Gasteiger partial charge in [-0.25, -0.2) is 0 Å². The molecule has 0 spiro atoms. The summed E-state index contributed by atoms with van der Waals surface area (Å²) < 4.78 is 5.24. The Morgan fingerprint density at radius 3 is 2.55 bits per heavy atom. The molecule has 0 N–H and O–H groups in total. The molecule has 5 nitrogen and oxygen atoms in total. The van der Waals surface area contributed by atoms with Crippen molar-refractivity contribution in [3.8, 4) is 0 Å². The SMILES string of the molecule is COC(=O)C12CC3CC(C1)C(N1C(=O)C(C)(C)C1c1cccc4ncccc14)C(C3)C2. The van der Waals surface area contributed by atoms with Crippen molar-refractivity contribution in [2.24, 2.45) is 28.6 Å². The number of nitrogens with zero attached hydrogens (tertiary/aromatic N) is 2. The highest BCUT2D eigenvalue weighted by molar-refractivity contribution is 5.93. The van der Waals surface area contributed by atoms with Gasteiger partial charge in [-0.1, -0.05) is 18.2 Å². The van der Waals surface area contributed by atoms with Gasteiger partial charge < -0.3 is 9.64 Å². The van der Waals surface area contributed by atoms with E-state index < -0.39 is 5.41 Å². The smallest absolute Gasteiger partial charge is 0.311 e. The molecular formula is C26H30N2O3. The summed E-state index contributed by atoms with van der Waals surface area (Å²) in [5.41, 5.74) is 1.43. The van der Waals surface area contributed by atoms with Gasteiger partial charge in [-0.3, -0.25) is 14.6 Å². The second-order valence-electron chi connectivity index (χ2n) is 11.0. The summed E-state index contributed by atoms with van der Waals surface area (Å²) in [6.07, 6.45) is 6.79. The number of ether oxygens (including phenoxy) is 1. The number of aromatic nitrogens is 1. The highest BCUT2D eigenvalue weighted by atomic mass is 16.5. The summed E-state index contributed by atoms with van der Waals surface area (Å²) in [5, 5.41) is 1.13. The number of hydrogen-bond donors (Lipinski definition) is 0. The number of β-lactam (4-membered cyclic amide) rings is 1. The number of carbonyl (C=O) groups excluding carboxylic acids is 2. The molecule has 2 aromatic rings. The van der Waals surface area contributed by atoms with Crippen LogP contribution < -0.4 is 0 Å². The van der Waals surface area contributed by atoms with E-state index in [1.807, 2.05) is 18.3 Å². The molecule has 4 aliphatic carbocycles. The first-order chi connectivity index (χ1) is 14.9. The summed E-state index contributed by atoms with van der Waals surface area (Å²) in [5.74, 6) is 1.60. The Bertz CT molecular complexity index is 1070. The molecule has 3 unspecified atom stereocenters. The van der Waals surface area contributed by atoms with Crippen LogP contribution in [0.5, 0.6) is 0 Å². The van der Waals surface area contributed by atoms with Gasteiger partial charge in [0.1, 0.15) is 0 Å². The van der Waals surface area contributed by atoms with Crippen LogP contribution in [0.15, 0.2) is 36.5 Å². The molecule has 1 saturated heterocycles. The van der Waals surface area contributed by atoms with Gasteiger partial charge >= 0.3 is 5.97 Å². The molecule has 1 aromatic carbocycles. The molecule has 4 bridgehead atoms. The number of rotatable bonds is 3. The first-order valence-electron chi connectivity index (χ1n) is 11.6. The third-order valence-corrected chi connectivity index (χ3v) is 8.88. The Morgan fingerprint density at radius 1 is 1.10 bits per heavy atom. The van der Waals surface area contributed by atoms with Gasteiger partial charge in [0.05, 0.1) is 29.5 Å². The molecule has 5 heteroatoms. The average molecular weight is 419 g/mol. The van der Waals surface area contributed by atoms with Gasteiger partial charge in [-0.15, -0.1) is 0 Å². The highest BCUT2D eigenvalue weighted by Crippen LogP contribution is 2.65. The predicted octanol–water partition coefficient (Wildman–Crippen LogP) is 4.51. The van der Waals surface area contributed by atoms with Crippen LogP contribution in [0.1, 0.15) is 57.6 Å². The van der Waals surface area contributed by atoms with E-state index in [2.05, 4.69) is 41.9 Å². The normalized spacial score (nSPS) is 37.7. The first kappa shape index (κ1) is 19.3. The van der Waals surface area contributed by atoms with Crippen molar-refractivity contribution in [1.82, 2.24) is 9.88 Å². The number of carbonyl (C=O) groups is 2. The topological polar surface area (TPSA) is 59.5 Å². The number of pyridine rings is 1. The standard InChI is InChI=1S/C26H30N2O3/c1-25(2)22(19-6-4-8-20-18(19)7-5-9-27-20)28(23(25)29)21-16-10-15-11-17(21)14-26(12-15,13-16)24(30)31-3/h4-9,15-17,21-22H,10-14H2,1-3H3. The van der Waals surface area contributed by atoms with E-state index >= 15 is 0 Å². The van der Waals surface area contributed by atoms with Crippen LogP contribution in [0, 0.1) is 28.6 Å². The number of fused-ring (bicyclic) bond motifs is 1. The quantitative estimate of drug-likeness (QED) is 0.543. The summed E-state index contributed by atoms with van der Waals surface area (Å²) >= 11 is 0. The first-order valence-corrected chi connectivity index (χ1v) is 11.6. The molecule has 1 aliphatic heterocycles. The number of benzene rings is 1. The van der Waals surface area contributed by atoms with Crippen molar-refractivity contribution in [3.05, 3.63) is 42.1 Å². The van der Waals surface area contributed by atoms with Crippen molar-refractivity contribution in [2.45, 2.75) is 58.0 Å². The second kappa shape index (κ2) is 6.30. The Hall–Kier alpha value is -2.43. The van der Waals surface area contributed by atoms with Crippen molar-refractivity contribution in [1.29, 1.82) is 0 Å². The van der Waals surface area contributed by atoms with E-state index in [9.17, 15) is 9.59 Å². The van der Waals surface area contributed by atoms with Crippen LogP contribution >= 0.6 is 0 Å². The number of hydrogen-bond acceptors (Lipinski definition) is 4. The highest BCUT2D eigenvalue weighted by Gasteiger charge is 2.66. The van der Waals surface area contributed by atoms with Gasteiger partial charge in [-0.05, 0) is 81.4 Å². The van der Waals surface area contributed by atoms with E-state index in [-0.39, 0.29) is 29.4 Å². The maximum Gasteiger partial charge on any atom is 0.311 e. The van der Waals surface area contributed by atoms with Crippen molar-refractivity contribution < 1.29 is 14.3 Å². The minimum absolute atomic E-state index is 0.0303. The number of esters is 1. The van der Waals surface area contributed by atoms with Gasteiger partial charge in [0.25, 0.3) is 0 Å². The van der Waals surface area contributed by atoms with E-state index in [0.29, 0.717) is 17.8 Å². The molecule has 3 atom stereocenters. The monoisotopic (exact) mass is 418 g/mol. The Labute approximate surface area is 183 Å². The molecular weight excluding hydrogens is 388 g/mol. The zero-order valence-electron chi connectivity index (χ0n) is 18.5. The summed E-state index contributed by atoms with van der Waals surface area (Å²) in [4.78, 5) is 33.0. The van der Waals surface area contributed by atoms with Gasteiger partial charge in [0, 0.05) is 17.6 Å². The van der Waals surface area contributed by atoms with Crippen LogP contribution in [0.25, 0.3) is 10.9 Å². The maximum atomic E-state index is 13.5. The third kappa shape index (κ3) is 2.46. The third-order valence-electron chi connectivity index (χ3n) is 8.88. The summed E-state index contributed by atoms with van der Waals surface area (Å²) in [7, 11) is 1.52. The zero-order chi connectivity index (χ0) is 21.5. The van der Waals surface area contributed by atoms with Crippen LogP contribution in [0.4, 0.5) is 0 Å². The molecule has 162 valence electrons. The molecule has 5 aliphatic rings. The molecule has 1 aromatic heterocycles. The molecule has 4 saturated carbocycles. The van der Waals surface area contributed by atoms with E-state index in [1.54, 1.807) is 0 Å². The van der Waals surface area contributed by atoms with Crippen LogP contribution in [0.3, 0.4) is 0 Å². The maximum absolute atomic E-state index is 13.5. The van der Waals surface area contributed by atoms with Crippen LogP contribution in [-0.4, -0.2) is 34.9 Å². The van der Waals surface area contributed by atoms with Gasteiger partial charge in [0.2, 0.25) is 5.91 Å². The Balaban J connectivity index is 1.41.